The summed E-state index contributed by atoms with van der Waals surface area (Å²) in [6.07, 6.45) is 3.65. The Morgan fingerprint density at radius 1 is 1.41 bits per heavy atom. The second-order valence-corrected chi connectivity index (χ2v) is 5.31. The predicted molar refractivity (Wildman–Crippen MR) is 82.5 cm³/mol. The Morgan fingerprint density at radius 2 is 2.23 bits per heavy atom. The highest BCUT2D eigenvalue weighted by molar-refractivity contribution is 5.78. The number of ether oxygens (including phenoxy) is 1. The molecule has 1 aliphatic rings. The molecule has 0 spiro atoms. The number of imidazole rings is 1. The van der Waals surface area contributed by atoms with Gasteiger partial charge in [0, 0.05) is 39.1 Å². The number of nitrogens with zero attached hydrogens (tertiary/aromatic N) is 3. The molecule has 22 heavy (non-hydrogen) atoms. The van der Waals surface area contributed by atoms with Crippen LogP contribution in [-0.4, -0.2) is 46.6 Å². The van der Waals surface area contributed by atoms with Crippen LogP contribution < -0.4 is 10.1 Å². The molecule has 3 rings (SSSR count). The lowest BCUT2D eigenvalue weighted by Crippen LogP contribution is -2.50. The fourth-order valence-corrected chi connectivity index (χ4v) is 2.68. The molecule has 6 heteroatoms. The largest absolute Gasteiger partial charge is 0.484 e. The van der Waals surface area contributed by atoms with Crippen molar-refractivity contribution in [3.63, 3.8) is 0 Å². The number of para-hydroxylation sites is 1. The highest BCUT2D eigenvalue weighted by Crippen LogP contribution is 2.20. The average Bonchev–Trinajstić information content (AvgIpc) is 2.99. The molecule has 1 aromatic heterocycles. The third-order valence-electron chi connectivity index (χ3n) is 3.83. The normalized spacial score (nSPS) is 18.2. The lowest BCUT2D eigenvalue weighted by Gasteiger charge is -2.35. The van der Waals surface area contributed by atoms with Gasteiger partial charge in [-0.3, -0.25) is 4.79 Å². The topological polar surface area (TPSA) is 59.4 Å². The Morgan fingerprint density at radius 3 is 2.95 bits per heavy atom. The molecular weight excluding hydrogens is 280 g/mol. The van der Waals surface area contributed by atoms with Crippen molar-refractivity contribution in [1.29, 1.82) is 0 Å². The number of nitrogens with one attached hydrogen (secondary N) is 1. The van der Waals surface area contributed by atoms with E-state index in [0.29, 0.717) is 18.8 Å². The van der Waals surface area contributed by atoms with Crippen LogP contribution in [0, 0.1) is 0 Å². The van der Waals surface area contributed by atoms with Crippen molar-refractivity contribution in [1.82, 2.24) is 19.8 Å². The minimum atomic E-state index is -0.0550. The van der Waals surface area contributed by atoms with Crippen LogP contribution in [0.2, 0.25) is 0 Å². The minimum Gasteiger partial charge on any atom is -0.484 e. The molecule has 0 aliphatic carbocycles. The van der Waals surface area contributed by atoms with Crippen LogP contribution >= 0.6 is 0 Å². The summed E-state index contributed by atoms with van der Waals surface area (Å²) < 4.78 is 7.53. The molecular formula is C16H20N4O2. The van der Waals surface area contributed by atoms with Crippen molar-refractivity contribution in [2.24, 2.45) is 7.05 Å². The van der Waals surface area contributed by atoms with Gasteiger partial charge in [0.1, 0.15) is 17.6 Å². The Kier molecular flexibility index (Phi) is 4.39. The number of rotatable bonds is 4. The molecule has 2 aromatic rings. The maximum absolute atomic E-state index is 12.5. The average molecular weight is 300 g/mol. The molecule has 0 bridgehead atoms. The van der Waals surface area contributed by atoms with Crippen LogP contribution in [0.15, 0.2) is 42.7 Å². The molecule has 2 heterocycles. The van der Waals surface area contributed by atoms with Gasteiger partial charge in [0.25, 0.3) is 5.91 Å². The van der Waals surface area contributed by atoms with E-state index < -0.39 is 0 Å². The maximum atomic E-state index is 12.5. The van der Waals surface area contributed by atoms with Gasteiger partial charge in [-0.05, 0) is 12.1 Å². The summed E-state index contributed by atoms with van der Waals surface area (Å²) in [5.74, 6) is 1.58. The number of piperazine rings is 1. The highest BCUT2D eigenvalue weighted by atomic mass is 16.5. The Labute approximate surface area is 129 Å². The van der Waals surface area contributed by atoms with Gasteiger partial charge in [-0.2, -0.15) is 0 Å². The van der Waals surface area contributed by atoms with Crippen molar-refractivity contribution in [3.8, 4) is 5.75 Å². The molecule has 1 unspecified atom stereocenters. The zero-order valence-electron chi connectivity index (χ0n) is 12.6. The van der Waals surface area contributed by atoms with Crippen LogP contribution in [0.3, 0.4) is 0 Å². The van der Waals surface area contributed by atoms with E-state index >= 15 is 0 Å². The summed E-state index contributed by atoms with van der Waals surface area (Å²) in [7, 11) is 1.94. The number of aromatic nitrogens is 2. The first kappa shape index (κ1) is 14.6. The van der Waals surface area contributed by atoms with Crippen LogP contribution in [0.25, 0.3) is 0 Å². The molecule has 1 amide bonds. The molecule has 1 atom stereocenters. The van der Waals surface area contributed by atoms with Crippen LogP contribution in [0.5, 0.6) is 5.75 Å². The Bertz CT molecular complexity index is 626. The van der Waals surface area contributed by atoms with Crippen molar-refractivity contribution >= 4 is 5.91 Å². The smallest absolute Gasteiger partial charge is 0.261 e. The molecule has 1 aromatic carbocycles. The molecule has 0 saturated carbocycles. The van der Waals surface area contributed by atoms with Gasteiger partial charge < -0.3 is 19.5 Å². The van der Waals surface area contributed by atoms with Gasteiger partial charge in [0.05, 0.1) is 0 Å². The van der Waals surface area contributed by atoms with Crippen molar-refractivity contribution in [3.05, 3.63) is 48.5 Å². The van der Waals surface area contributed by atoms with E-state index in [4.69, 9.17) is 4.74 Å². The van der Waals surface area contributed by atoms with Crippen molar-refractivity contribution in [2.45, 2.75) is 6.04 Å². The van der Waals surface area contributed by atoms with Crippen molar-refractivity contribution < 1.29 is 9.53 Å². The molecule has 6 nitrogen and oxygen atoms in total. The number of carbonyl (C=O) groups excluding carboxylic acids is 1. The third kappa shape index (κ3) is 3.12. The number of hydrogen-bond acceptors (Lipinski definition) is 4. The van der Waals surface area contributed by atoms with Crippen LogP contribution in [-0.2, 0) is 11.8 Å². The monoisotopic (exact) mass is 300 g/mol. The van der Waals surface area contributed by atoms with E-state index in [1.54, 1.807) is 6.20 Å². The second kappa shape index (κ2) is 6.62. The molecule has 1 saturated heterocycles. The summed E-state index contributed by atoms with van der Waals surface area (Å²) in [5.41, 5.74) is 0. The standard InChI is InChI=1S/C16H20N4O2/c1-19-9-8-18-16(19)14-11-17-7-10-20(14)15(21)12-22-13-5-3-2-4-6-13/h2-6,8-9,14,17H,7,10-12H2,1H3. The van der Waals surface area contributed by atoms with Gasteiger partial charge in [-0.15, -0.1) is 0 Å². The van der Waals surface area contributed by atoms with Crippen molar-refractivity contribution in [2.75, 3.05) is 26.2 Å². The van der Waals surface area contributed by atoms with Crippen LogP contribution in [0.1, 0.15) is 11.9 Å². The summed E-state index contributed by atoms with van der Waals surface area (Å²) >= 11 is 0. The molecule has 1 fully saturated rings. The van der Waals surface area contributed by atoms with E-state index in [-0.39, 0.29) is 18.6 Å². The van der Waals surface area contributed by atoms with Gasteiger partial charge >= 0.3 is 0 Å². The summed E-state index contributed by atoms with van der Waals surface area (Å²) in [4.78, 5) is 18.8. The summed E-state index contributed by atoms with van der Waals surface area (Å²) in [6.45, 7) is 2.21. The number of aryl methyl sites for hydroxylation is 1. The third-order valence-corrected chi connectivity index (χ3v) is 3.83. The van der Waals surface area contributed by atoms with Gasteiger partial charge in [-0.1, -0.05) is 18.2 Å². The molecule has 1 N–H and O–H groups in total. The fourth-order valence-electron chi connectivity index (χ4n) is 2.68. The number of amides is 1. The van der Waals surface area contributed by atoms with Crippen LogP contribution in [0.4, 0.5) is 0 Å². The van der Waals surface area contributed by atoms with E-state index in [0.717, 1.165) is 12.4 Å². The van der Waals surface area contributed by atoms with Gasteiger partial charge in [-0.25, -0.2) is 4.98 Å². The first-order valence-corrected chi connectivity index (χ1v) is 7.41. The maximum Gasteiger partial charge on any atom is 0.261 e. The summed E-state index contributed by atoms with van der Waals surface area (Å²) in [6, 6.07) is 9.34. The number of benzene rings is 1. The minimum absolute atomic E-state index is 0.0154. The first-order valence-electron chi connectivity index (χ1n) is 7.41. The quantitative estimate of drug-likeness (QED) is 0.914. The second-order valence-electron chi connectivity index (χ2n) is 5.31. The lowest BCUT2D eigenvalue weighted by atomic mass is 10.1. The van der Waals surface area contributed by atoms with E-state index in [9.17, 15) is 4.79 Å². The Hall–Kier alpha value is -2.34. The molecule has 0 radical (unpaired) electrons. The van der Waals surface area contributed by atoms with Gasteiger partial charge in [0.15, 0.2) is 6.61 Å². The van der Waals surface area contributed by atoms with Gasteiger partial charge in [0.2, 0.25) is 0 Å². The van der Waals surface area contributed by atoms with E-state index in [1.165, 1.54) is 0 Å². The highest BCUT2D eigenvalue weighted by Gasteiger charge is 2.30. The molecule has 116 valence electrons. The van der Waals surface area contributed by atoms with E-state index in [2.05, 4.69) is 10.3 Å². The first-order chi connectivity index (χ1) is 10.8. The number of hydrogen-bond donors (Lipinski definition) is 1. The zero-order valence-corrected chi connectivity index (χ0v) is 12.6. The molecule has 1 aliphatic heterocycles. The predicted octanol–water partition coefficient (Wildman–Crippen LogP) is 0.972. The van der Waals surface area contributed by atoms with E-state index in [1.807, 2.05) is 53.0 Å². The SMILES string of the molecule is Cn1ccnc1C1CNCCN1C(=O)COc1ccccc1. The summed E-state index contributed by atoms with van der Waals surface area (Å²) in [5, 5.41) is 3.32. The zero-order chi connectivity index (χ0) is 15.4. The number of carbonyl (C=O) groups is 1. The fraction of sp³-hybridized carbons (Fsp3) is 0.375. The Balaban J connectivity index is 1.68. The lowest BCUT2D eigenvalue weighted by molar-refractivity contribution is -0.137.